The van der Waals surface area contributed by atoms with E-state index >= 15 is 4.39 Å². The van der Waals surface area contributed by atoms with E-state index < -0.39 is 15.8 Å². The number of ether oxygens (including phenoxy) is 4. The Balaban J connectivity index is 2.05. The first-order valence-corrected chi connectivity index (χ1v) is 11.7. The van der Waals surface area contributed by atoms with Gasteiger partial charge in [-0.1, -0.05) is 23.8 Å². The molecular formula is C24H23ClFNO6S. The number of anilines is 1. The molecule has 0 bridgehead atoms. The van der Waals surface area contributed by atoms with Gasteiger partial charge in [-0.05, 0) is 54.1 Å². The highest BCUT2D eigenvalue weighted by Gasteiger charge is 2.21. The lowest BCUT2D eigenvalue weighted by Crippen LogP contribution is -2.15. The summed E-state index contributed by atoms with van der Waals surface area (Å²) in [5, 5.41) is 0.375. The Bertz CT molecular complexity index is 1280. The number of halogens is 2. The van der Waals surface area contributed by atoms with Gasteiger partial charge in [0.05, 0.1) is 39.0 Å². The molecule has 1 N–H and O–H groups in total. The van der Waals surface area contributed by atoms with E-state index in [1.807, 2.05) is 0 Å². The SMILES string of the molecule is COc1ccc(C=Cc2cc(OC)c(OC)c(OC)c2)c(NS(=O)(=O)c2ccc(Cl)cc2)c1F. The van der Waals surface area contributed by atoms with E-state index in [0.29, 0.717) is 27.8 Å². The van der Waals surface area contributed by atoms with Gasteiger partial charge in [0.2, 0.25) is 5.75 Å². The Morgan fingerprint density at radius 2 is 1.41 bits per heavy atom. The molecular weight excluding hydrogens is 485 g/mol. The zero-order chi connectivity index (χ0) is 24.9. The van der Waals surface area contributed by atoms with Gasteiger partial charge in [-0.25, -0.2) is 12.8 Å². The molecule has 0 aliphatic carbocycles. The predicted molar refractivity (Wildman–Crippen MR) is 130 cm³/mol. The highest BCUT2D eigenvalue weighted by molar-refractivity contribution is 7.92. The molecule has 0 amide bonds. The molecule has 3 rings (SSSR count). The van der Waals surface area contributed by atoms with Crippen molar-refractivity contribution in [2.75, 3.05) is 33.2 Å². The summed E-state index contributed by atoms with van der Waals surface area (Å²) in [5.74, 6) is 0.331. The minimum Gasteiger partial charge on any atom is -0.494 e. The fourth-order valence-electron chi connectivity index (χ4n) is 3.16. The van der Waals surface area contributed by atoms with E-state index in [1.165, 1.54) is 64.8 Å². The molecule has 0 heterocycles. The molecule has 7 nitrogen and oxygen atoms in total. The van der Waals surface area contributed by atoms with Crippen molar-refractivity contribution in [2.45, 2.75) is 4.90 Å². The molecule has 3 aromatic carbocycles. The van der Waals surface area contributed by atoms with Crippen molar-refractivity contribution in [2.24, 2.45) is 0 Å². The molecule has 0 radical (unpaired) electrons. The Morgan fingerprint density at radius 3 is 1.94 bits per heavy atom. The fourth-order valence-corrected chi connectivity index (χ4v) is 4.38. The second-order valence-corrected chi connectivity index (χ2v) is 9.02. The number of rotatable bonds is 9. The van der Waals surface area contributed by atoms with Crippen molar-refractivity contribution in [1.82, 2.24) is 0 Å². The largest absolute Gasteiger partial charge is 0.494 e. The number of methoxy groups -OCH3 is 4. The minimum atomic E-state index is -4.11. The number of benzene rings is 3. The molecule has 0 saturated carbocycles. The summed E-state index contributed by atoms with van der Waals surface area (Å²) in [7, 11) is 1.67. The normalized spacial score (nSPS) is 11.4. The summed E-state index contributed by atoms with van der Waals surface area (Å²) in [4.78, 5) is -0.0707. The summed E-state index contributed by atoms with van der Waals surface area (Å²) in [5.41, 5.74) is 0.653. The first-order valence-electron chi connectivity index (χ1n) is 9.87. The Labute approximate surface area is 202 Å². The van der Waals surface area contributed by atoms with Crippen LogP contribution >= 0.6 is 11.6 Å². The first kappa shape index (κ1) is 25.2. The van der Waals surface area contributed by atoms with E-state index in [-0.39, 0.29) is 21.9 Å². The van der Waals surface area contributed by atoms with Crippen LogP contribution in [-0.4, -0.2) is 36.9 Å². The smallest absolute Gasteiger partial charge is 0.262 e. The van der Waals surface area contributed by atoms with E-state index in [0.717, 1.165) is 0 Å². The maximum Gasteiger partial charge on any atom is 0.262 e. The second kappa shape index (κ2) is 10.7. The molecule has 0 atom stereocenters. The first-order chi connectivity index (χ1) is 16.2. The van der Waals surface area contributed by atoms with Crippen LogP contribution in [0, 0.1) is 5.82 Å². The predicted octanol–water partition coefficient (Wildman–Crippen LogP) is 5.48. The van der Waals surface area contributed by atoms with E-state index in [2.05, 4.69) is 4.72 Å². The third kappa shape index (κ3) is 5.37. The summed E-state index contributed by atoms with van der Waals surface area (Å²) < 4.78 is 64.3. The Morgan fingerprint density at radius 1 is 0.824 bits per heavy atom. The zero-order valence-corrected chi connectivity index (χ0v) is 20.5. The van der Waals surface area contributed by atoms with Gasteiger partial charge < -0.3 is 18.9 Å². The Kier molecular flexibility index (Phi) is 7.90. The highest BCUT2D eigenvalue weighted by Crippen LogP contribution is 2.39. The minimum absolute atomic E-state index is 0.0707. The van der Waals surface area contributed by atoms with E-state index in [4.69, 9.17) is 30.5 Å². The van der Waals surface area contributed by atoms with Crippen LogP contribution in [0.1, 0.15) is 11.1 Å². The van der Waals surface area contributed by atoms with Crippen LogP contribution in [0.25, 0.3) is 12.2 Å². The third-order valence-electron chi connectivity index (χ3n) is 4.86. The van der Waals surface area contributed by atoms with Crippen LogP contribution in [0.5, 0.6) is 23.0 Å². The number of hydrogen-bond donors (Lipinski definition) is 1. The number of sulfonamides is 1. The average molecular weight is 508 g/mol. The quantitative estimate of drug-likeness (QED) is 0.386. The van der Waals surface area contributed by atoms with Gasteiger partial charge in [-0.15, -0.1) is 0 Å². The van der Waals surface area contributed by atoms with Gasteiger partial charge in [0.1, 0.15) is 0 Å². The van der Waals surface area contributed by atoms with Crippen molar-refractivity contribution in [3.63, 3.8) is 0 Å². The second-order valence-electron chi connectivity index (χ2n) is 6.90. The zero-order valence-electron chi connectivity index (χ0n) is 18.9. The van der Waals surface area contributed by atoms with Crippen LogP contribution in [0.4, 0.5) is 10.1 Å². The van der Waals surface area contributed by atoms with Crippen LogP contribution < -0.4 is 23.7 Å². The van der Waals surface area contributed by atoms with Crippen LogP contribution in [0.2, 0.25) is 5.02 Å². The van der Waals surface area contributed by atoms with Gasteiger partial charge in [0.15, 0.2) is 23.1 Å². The fraction of sp³-hybridized carbons (Fsp3) is 0.167. The van der Waals surface area contributed by atoms with Gasteiger partial charge >= 0.3 is 0 Å². The molecule has 10 heteroatoms. The van der Waals surface area contributed by atoms with Crippen molar-refractivity contribution in [3.8, 4) is 23.0 Å². The van der Waals surface area contributed by atoms with E-state index in [1.54, 1.807) is 24.3 Å². The molecule has 0 saturated heterocycles. The number of nitrogens with one attached hydrogen (secondary N) is 1. The van der Waals surface area contributed by atoms with Gasteiger partial charge in [-0.3, -0.25) is 4.72 Å². The summed E-state index contributed by atoms with van der Waals surface area (Å²) >= 11 is 5.85. The maximum atomic E-state index is 15.1. The van der Waals surface area contributed by atoms with Crippen molar-refractivity contribution in [1.29, 1.82) is 0 Å². The third-order valence-corrected chi connectivity index (χ3v) is 6.48. The molecule has 0 aliphatic rings. The standard InChI is InChI=1S/C24H23ClFNO6S/c1-30-19-12-7-16(6-5-15-13-20(31-2)24(33-4)21(14-15)32-3)23(22(19)26)27-34(28,29)18-10-8-17(25)9-11-18/h5-14,27H,1-4H3. The van der Waals surface area contributed by atoms with Crippen molar-refractivity contribution in [3.05, 3.63) is 70.5 Å². The Hall–Kier alpha value is -3.43. The van der Waals surface area contributed by atoms with Crippen LogP contribution in [0.15, 0.2) is 53.4 Å². The molecule has 0 fully saturated rings. The topological polar surface area (TPSA) is 83.1 Å². The van der Waals surface area contributed by atoms with Gasteiger partial charge in [0, 0.05) is 10.6 Å². The molecule has 3 aromatic rings. The van der Waals surface area contributed by atoms with Crippen molar-refractivity contribution >= 4 is 39.5 Å². The molecule has 0 unspecified atom stereocenters. The van der Waals surface area contributed by atoms with Crippen LogP contribution in [0.3, 0.4) is 0 Å². The van der Waals surface area contributed by atoms with Gasteiger partial charge in [-0.2, -0.15) is 0 Å². The maximum absolute atomic E-state index is 15.1. The summed E-state index contributed by atoms with van der Waals surface area (Å²) in [6, 6.07) is 11.9. The molecule has 0 aromatic heterocycles. The summed E-state index contributed by atoms with van der Waals surface area (Å²) in [6.45, 7) is 0. The molecule has 0 aliphatic heterocycles. The lowest BCUT2D eigenvalue weighted by atomic mass is 10.1. The molecule has 0 spiro atoms. The molecule has 180 valence electrons. The number of hydrogen-bond acceptors (Lipinski definition) is 6. The lowest BCUT2D eigenvalue weighted by molar-refractivity contribution is 0.324. The highest BCUT2D eigenvalue weighted by atomic mass is 35.5. The lowest BCUT2D eigenvalue weighted by Gasteiger charge is -2.15. The summed E-state index contributed by atoms with van der Waals surface area (Å²) in [6.07, 6.45) is 3.22. The van der Waals surface area contributed by atoms with E-state index in [9.17, 15) is 8.42 Å². The van der Waals surface area contributed by atoms with Crippen molar-refractivity contribution < 1.29 is 31.8 Å². The van der Waals surface area contributed by atoms with Crippen LogP contribution in [-0.2, 0) is 10.0 Å². The monoisotopic (exact) mass is 507 g/mol. The molecule has 34 heavy (non-hydrogen) atoms. The average Bonchev–Trinajstić information content (AvgIpc) is 2.83. The van der Waals surface area contributed by atoms with Gasteiger partial charge in [0.25, 0.3) is 10.0 Å².